The van der Waals surface area contributed by atoms with Gasteiger partial charge in [0.05, 0.1) is 16.1 Å². The summed E-state index contributed by atoms with van der Waals surface area (Å²) in [6.45, 7) is 1.66. The van der Waals surface area contributed by atoms with Crippen molar-refractivity contribution in [1.29, 1.82) is 5.26 Å². The van der Waals surface area contributed by atoms with Gasteiger partial charge in [0, 0.05) is 40.0 Å². The standard InChI is InChI=1S/C27H18F2N4O4S/c1-16-22(14-18(15-30)26(35)31-19-8-10-21(11-9-19)38-27(28)29)23-7-2-3-12-32(23)24(16)25(34)17-5-4-6-20(13-17)33(36)37/h2-14,27H,1H3,(H,31,35). The van der Waals surface area contributed by atoms with Gasteiger partial charge in [0.25, 0.3) is 17.4 Å². The monoisotopic (exact) mass is 532 g/mol. The molecule has 0 aliphatic heterocycles. The minimum Gasteiger partial charge on any atom is -0.321 e. The first-order valence-corrected chi connectivity index (χ1v) is 11.9. The second-order valence-corrected chi connectivity index (χ2v) is 9.07. The number of nitriles is 1. The Hall–Kier alpha value is -4.82. The van der Waals surface area contributed by atoms with Crippen molar-refractivity contribution in [1.82, 2.24) is 4.40 Å². The lowest BCUT2D eigenvalue weighted by Gasteiger charge is -2.06. The quantitative estimate of drug-likeness (QED) is 0.0716. The van der Waals surface area contributed by atoms with E-state index in [9.17, 15) is 33.7 Å². The van der Waals surface area contributed by atoms with Gasteiger partial charge in [-0.2, -0.15) is 14.0 Å². The fourth-order valence-electron chi connectivity index (χ4n) is 3.93. The molecule has 2 aromatic carbocycles. The number of nitro benzene ring substituents is 1. The van der Waals surface area contributed by atoms with Gasteiger partial charge in [0.2, 0.25) is 5.78 Å². The van der Waals surface area contributed by atoms with Crippen LogP contribution in [0.1, 0.15) is 27.2 Å². The molecule has 1 N–H and O–H groups in total. The summed E-state index contributed by atoms with van der Waals surface area (Å²) in [5.74, 6) is -3.75. The first kappa shape index (κ1) is 26.2. The van der Waals surface area contributed by atoms with Crippen LogP contribution in [0.15, 0.2) is 83.4 Å². The summed E-state index contributed by atoms with van der Waals surface area (Å²) in [4.78, 5) is 37.2. The Labute approximate surface area is 219 Å². The van der Waals surface area contributed by atoms with Crippen LogP contribution in [-0.4, -0.2) is 26.8 Å². The second-order valence-electron chi connectivity index (χ2n) is 8.01. The highest BCUT2D eigenvalue weighted by Crippen LogP contribution is 2.29. The molecule has 1 amide bonds. The number of fused-ring (bicyclic) bond motifs is 1. The number of nitro groups is 1. The Morgan fingerprint density at radius 2 is 1.87 bits per heavy atom. The van der Waals surface area contributed by atoms with Crippen LogP contribution in [0, 0.1) is 28.4 Å². The Balaban J connectivity index is 1.71. The molecule has 8 nitrogen and oxygen atoms in total. The topological polar surface area (TPSA) is 118 Å². The van der Waals surface area contributed by atoms with E-state index in [1.807, 2.05) is 6.07 Å². The third kappa shape index (κ3) is 5.45. The zero-order valence-electron chi connectivity index (χ0n) is 19.7. The van der Waals surface area contributed by atoms with E-state index in [1.165, 1.54) is 54.6 Å². The third-order valence-electron chi connectivity index (χ3n) is 5.66. The van der Waals surface area contributed by atoms with Gasteiger partial charge >= 0.3 is 0 Å². The number of anilines is 1. The van der Waals surface area contributed by atoms with E-state index in [1.54, 1.807) is 35.7 Å². The number of nitrogens with zero attached hydrogens (tertiary/aromatic N) is 3. The van der Waals surface area contributed by atoms with Crippen LogP contribution in [-0.2, 0) is 4.79 Å². The molecule has 2 aromatic heterocycles. The minimum atomic E-state index is -2.57. The molecule has 0 bridgehead atoms. The number of halogens is 2. The van der Waals surface area contributed by atoms with E-state index in [-0.39, 0.29) is 22.5 Å². The maximum atomic E-state index is 13.4. The van der Waals surface area contributed by atoms with Crippen LogP contribution < -0.4 is 5.32 Å². The molecule has 0 saturated heterocycles. The highest BCUT2D eigenvalue weighted by atomic mass is 32.2. The summed E-state index contributed by atoms with van der Waals surface area (Å²) in [5, 5.41) is 23.5. The number of pyridine rings is 1. The van der Waals surface area contributed by atoms with Crippen LogP contribution in [0.5, 0.6) is 0 Å². The Morgan fingerprint density at radius 1 is 1.13 bits per heavy atom. The van der Waals surface area contributed by atoms with Crippen LogP contribution in [0.4, 0.5) is 20.2 Å². The van der Waals surface area contributed by atoms with E-state index >= 15 is 0 Å². The van der Waals surface area contributed by atoms with Crippen LogP contribution in [0.3, 0.4) is 0 Å². The summed E-state index contributed by atoms with van der Waals surface area (Å²) < 4.78 is 26.7. The number of hydrogen-bond acceptors (Lipinski definition) is 6. The lowest BCUT2D eigenvalue weighted by molar-refractivity contribution is -0.384. The number of rotatable bonds is 8. The number of carbonyl (C=O) groups excluding carboxylic acids is 2. The van der Waals surface area contributed by atoms with E-state index < -0.39 is 22.4 Å². The normalized spacial score (nSPS) is 11.4. The predicted octanol–water partition coefficient (Wildman–Crippen LogP) is 6.25. The maximum absolute atomic E-state index is 13.4. The van der Waals surface area contributed by atoms with Crippen molar-refractivity contribution in [3.05, 3.63) is 111 Å². The van der Waals surface area contributed by atoms with Gasteiger partial charge in [-0.25, -0.2) is 0 Å². The zero-order valence-corrected chi connectivity index (χ0v) is 20.5. The predicted molar refractivity (Wildman–Crippen MR) is 139 cm³/mol. The van der Waals surface area contributed by atoms with Crippen molar-refractivity contribution < 1.29 is 23.3 Å². The molecule has 4 aromatic rings. The molecule has 190 valence electrons. The van der Waals surface area contributed by atoms with Gasteiger partial charge in [0.15, 0.2) is 0 Å². The fraction of sp³-hybridized carbons (Fsp3) is 0.0741. The Morgan fingerprint density at radius 3 is 2.53 bits per heavy atom. The molecule has 0 saturated carbocycles. The van der Waals surface area contributed by atoms with E-state index in [0.29, 0.717) is 39.0 Å². The molecule has 4 rings (SSSR count). The molecule has 0 aliphatic carbocycles. The molecule has 0 spiro atoms. The van der Waals surface area contributed by atoms with E-state index in [4.69, 9.17) is 0 Å². The van der Waals surface area contributed by atoms with Gasteiger partial charge < -0.3 is 9.72 Å². The fourth-order valence-corrected chi connectivity index (χ4v) is 4.43. The van der Waals surface area contributed by atoms with Gasteiger partial charge in [-0.15, -0.1) is 0 Å². The van der Waals surface area contributed by atoms with Crippen molar-refractivity contribution in [2.24, 2.45) is 0 Å². The molecule has 0 unspecified atom stereocenters. The first-order chi connectivity index (χ1) is 18.2. The number of ketones is 1. The molecular formula is C27H18F2N4O4S. The number of non-ortho nitro benzene ring substituents is 1. The van der Waals surface area contributed by atoms with Crippen molar-refractivity contribution in [3.8, 4) is 6.07 Å². The van der Waals surface area contributed by atoms with Gasteiger partial charge in [0.1, 0.15) is 11.6 Å². The van der Waals surface area contributed by atoms with Crippen LogP contribution in [0.2, 0.25) is 0 Å². The number of hydrogen-bond donors (Lipinski definition) is 1. The van der Waals surface area contributed by atoms with Crippen LogP contribution >= 0.6 is 11.8 Å². The molecular weight excluding hydrogens is 514 g/mol. The van der Waals surface area contributed by atoms with Gasteiger partial charge in [-0.1, -0.05) is 30.0 Å². The number of thioether (sulfide) groups is 1. The first-order valence-electron chi connectivity index (χ1n) is 11.1. The number of benzene rings is 2. The molecule has 0 atom stereocenters. The molecule has 0 fully saturated rings. The summed E-state index contributed by atoms with van der Waals surface area (Å²) in [5.41, 5.74) is 1.67. The third-order valence-corrected chi connectivity index (χ3v) is 6.38. The second kappa shape index (κ2) is 11.1. The molecule has 11 heteroatoms. The minimum absolute atomic E-state index is 0.118. The maximum Gasteiger partial charge on any atom is 0.288 e. The van der Waals surface area contributed by atoms with Crippen molar-refractivity contribution in [3.63, 3.8) is 0 Å². The Bertz CT molecular complexity index is 1640. The summed E-state index contributed by atoms with van der Waals surface area (Å²) in [7, 11) is 0. The smallest absolute Gasteiger partial charge is 0.288 e. The van der Waals surface area contributed by atoms with Crippen molar-refractivity contribution >= 4 is 46.4 Å². The zero-order chi connectivity index (χ0) is 27.4. The summed E-state index contributed by atoms with van der Waals surface area (Å²) in [6, 6.07) is 18.2. The summed E-state index contributed by atoms with van der Waals surface area (Å²) >= 11 is 0.373. The SMILES string of the molecule is Cc1c(C=C(C#N)C(=O)Nc2ccc(SC(F)F)cc2)c2ccccn2c1C(=O)c1cccc([N+](=O)[O-])c1. The van der Waals surface area contributed by atoms with E-state index in [2.05, 4.69) is 5.32 Å². The summed E-state index contributed by atoms with van der Waals surface area (Å²) in [6.07, 6.45) is 3.01. The molecule has 38 heavy (non-hydrogen) atoms. The highest BCUT2D eigenvalue weighted by Gasteiger charge is 2.23. The highest BCUT2D eigenvalue weighted by molar-refractivity contribution is 7.99. The van der Waals surface area contributed by atoms with Crippen LogP contribution in [0.25, 0.3) is 11.6 Å². The largest absolute Gasteiger partial charge is 0.321 e. The van der Waals surface area contributed by atoms with Crippen molar-refractivity contribution in [2.45, 2.75) is 17.6 Å². The lowest BCUT2D eigenvalue weighted by atomic mass is 10.0. The van der Waals surface area contributed by atoms with Crippen molar-refractivity contribution in [2.75, 3.05) is 5.32 Å². The number of carbonyl (C=O) groups is 2. The lowest BCUT2D eigenvalue weighted by Crippen LogP contribution is -2.13. The number of amides is 1. The van der Waals surface area contributed by atoms with E-state index in [0.717, 1.165) is 0 Å². The van der Waals surface area contributed by atoms with Gasteiger partial charge in [-0.05, 0) is 55.0 Å². The number of aromatic nitrogens is 1. The average molecular weight is 533 g/mol. The van der Waals surface area contributed by atoms with Gasteiger partial charge in [-0.3, -0.25) is 19.7 Å². The molecule has 0 radical (unpaired) electrons. The molecule has 0 aliphatic rings. The average Bonchev–Trinajstić information content (AvgIpc) is 3.18. The number of nitrogens with one attached hydrogen (secondary N) is 1. The molecule has 2 heterocycles. The Kier molecular flexibility index (Phi) is 7.64. The number of alkyl halides is 2.